The Bertz CT molecular complexity index is 403. The van der Waals surface area contributed by atoms with Crippen LogP contribution in [0.15, 0.2) is 41.7 Å². The third kappa shape index (κ3) is 5.42. The summed E-state index contributed by atoms with van der Waals surface area (Å²) in [5, 5.41) is 0. The predicted octanol–water partition coefficient (Wildman–Crippen LogP) is -2.32. The molecule has 0 aliphatic heterocycles. The van der Waals surface area contributed by atoms with Crippen molar-refractivity contribution in [1.82, 2.24) is 0 Å². The van der Waals surface area contributed by atoms with E-state index in [1.54, 1.807) is 0 Å². The number of rotatable bonds is 5. The molecule has 0 N–H and O–H groups in total. The Morgan fingerprint density at radius 3 is 2.60 bits per heavy atom. The molecule has 2 aliphatic carbocycles. The van der Waals surface area contributed by atoms with Crippen molar-refractivity contribution in [3.8, 4) is 0 Å². The molecule has 0 aromatic heterocycles. The Morgan fingerprint density at radius 1 is 1.30 bits per heavy atom. The summed E-state index contributed by atoms with van der Waals surface area (Å²) in [4.78, 5) is 0. The van der Waals surface area contributed by atoms with Gasteiger partial charge in [0.25, 0.3) is 0 Å². The van der Waals surface area contributed by atoms with Crippen LogP contribution in [-0.4, -0.2) is 12.4 Å². The summed E-state index contributed by atoms with van der Waals surface area (Å²) in [5.41, 5.74) is 1.11. The normalized spacial score (nSPS) is 22.9. The SMILES string of the molecule is CCCOC1(OC2=[C-]CC=C2)CC=CC=C1C.[Cl-].[Cl-].[Ti+3]. The first-order chi connectivity index (χ1) is 8.27. The van der Waals surface area contributed by atoms with Crippen molar-refractivity contribution >= 4 is 0 Å². The standard InChI is InChI=1S/C15H19O2.2ClH.Ti/c1-3-12-16-15(11-7-6-8-13(15)2)17-14-9-4-5-10-14;;;/h4,6-9H,3,5,11-12H2,1-2H3;2*1H;/q-1;;;+3/p-2. The topological polar surface area (TPSA) is 18.5 Å². The van der Waals surface area contributed by atoms with Gasteiger partial charge in [0.05, 0.1) is 6.61 Å². The first-order valence-electron chi connectivity index (χ1n) is 6.21. The fourth-order valence-corrected chi connectivity index (χ4v) is 1.95. The van der Waals surface area contributed by atoms with Crippen molar-refractivity contribution in [2.24, 2.45) is 0 Å². The molecule has 0 amide bonds. The maximum absolute atomic E-state index is 6.03. The van der Waals surface area contributed by atoms with Crippen molar-refractivity contribution < 1.29 is 56.0 Å². The Kier molecular flexibility index (Phi) is 11.9. The molecule has 0 aromatic carbocycles. The van der Waals surface area contributed by atoms with E-state index in [1.165, 1.54) is 0 Å². The van der Waals surface area contributed by atoms with Gasteiger partial charge in [-0.15, -0.1) is 6.42 Å². The fourth-order valence-electron chi connectivity index (χ4n) is 1.95. The monoisotopic (exact) mass is 349 g/mol. The van der Waals surface area contributed by atoms with E-state index in [4.69, 9.17) is 9.47 Å². The van der Waals surface area contributed by atoms with Gasteiger partial charge in [0.2, 0.25) is 5.79 Å². The van der Waals surface area contributed by atoms with Gasteiger partial charge in [0, 0.05) is 6.42 Å². The van der Waals surface area contributed by atoms with E-state index in [0.717, 1.165) is 30.6 Å². The molecule has 0 spiro atoms. The summed E-state index contributed by atoms with van der Waals surface area (Å²) in [6.07, 6.45) is 15.9. The first kappa shape index (κ1) is 22.3. The van der Waals surface area contributed by atoms with Gasteiger partial charge in [-0.3, -0.25) is 0 Å². The molecule has 2 aliphatic rings. The van der Waals surface area contributed by atoms with Gasteiger partial charge in [0.1, 0.15) is 0 Å². The van der Waals surface area contributed by atoms with Crippen LogP contribution < -0.4 is 24.8 Å². The second kappa shape index (κ2) is 10.7. The molecular formula is C15H19Cl2O2Ti. The fraction of sp³-hybridized carbons (Fsp3) is 0.467. The molecule has 1 radical (unpaired) electrons. The van der Waals surface area contributed by atoms with Gasteiger partial charge in [-0.1, -0.05) is 25.2 Å². The average molecular weight is 350 g/mol. The van der Waals surface area contributed by atoms with E-state index < -0.39 is 5.79 Å². The summed E-state index contributed by atoms with van der Waals surface area (Å²) in [6.45, 7) is 4.86. The van der Waals surface area contributed by atoms with Crippen LogP contribution in [0.1, 0.15) is 33.1 Å². The van der Waals surface area contributed by atoms with Gasteiger partial charge in [-0.25, -0.2) is 6.08 Å². The van der Waals surface area contributed by atoms with E-state index in [0.29, 0.717) is 6.61 Å². The summed E-state index contributed by atoms with van der Waals surface area (Å²) < 4.78 is 12.0. The van der Waals surface area contributed by atoms with Gasteiger partial charge >= 0.3 is 21.7 Å². The van der Waals surface area contributed by atoms with Crippen LogP contribution in [0.2, 0.25) is 0 Å². The Labute approximate surface area is 149 Å². The van der Waals surface area contributed by atoms with Crippen LogP contribution in [0.5, 0.6) is 0 Å². The number of allylic oxidation sites excluding steroid dienone is 5. The zero-order chi connectivity index (χ0) is 12.1. The minimum absolute atomic E-state index is 0. The minimum Gasteiger partial charge on any atom is -1.00 e. The van der Waals surface area contributed by atoms with Crippen molar-refractivity contribution in [3.63, 3.8) is 0 Å². The van der Waals surface area contributed by atoms with E-state index >= 15 is 0 Å². The Hall–Kier alpha value is 0.0143. The number of hydrogen-bond acceptors (Lipinski definition) is 2. The molecule has 0 aromatic rings. The second-order valence-corrected chi connectivity index (χ2v) is 4.33. The second-order valence-electron chi connectivity index (χ2n) is 4.33. The van der Waals surface area contributed by atoms with Crippen molar-refractivity contribution in [2.45, 2.75) is 38.9 Å². The van der Waals surface area contributed by atoms with Crippen LogP contribution in [0.3, 0.4) is 0 Å². The van der Waals surface area contributed by atoms with Crippen LogP contribution in [0, 0.1) is 6.08 Å². The largest absolute Gasteiger partial charge is 3.00 e. The summed E-state index contributed by atoms with van der Waals surface area (Å²) in [6, 6.07) is 0. The molecule has 1 unspecified atom stereocenters. The molecule has 1 atom stereocenters. The quantitative estimate of drug-likeness (QED) is 0.315. The molecule has 0 saturated carbocycles. The van der Waals surface area contributed by atoms with Crippen molar-refractivity contribution in [3.05, 3.63) is 47.8 Å². The zero-order valence-corrected chi connectivity index (χ0v) is 14.9. The van der Waals surface area contributed by atoms with Gasteiger partial charge in [-0.2, -0.15) is 12.2 Å². The molecule has 0 bridgehead atoms. The van der Waals surface area contributed by atoms with E-state index in [-0.39, 0.29) is 46.5 Å². The third-order valence-electron chi connectivity index (χ3n) is 2.95. The van der Waals surface area contributed by atoms with Gasteiger partial charge < -0.3 is 34.3 Å². The smallest absolute Gasteiger partial charge is 1.00 e. The molecule has 20 heavy (non-hydrogen) atoms. The summed E-state index contributed by atoms with van der Waals surface area (Å²) >= 11 is 0. The zero-order valence-electron chi connectivity index (χ0n) is 11.8. The van der Waals surface area contributed by atoms with E-state index in [9.17, 15) is 0 Å². The van der Waals surface area contributed by atoms with E-state index in [2.05, 4.69) is 38.2 Å². The third-order valence-corrected chi connectivity index (χ3v) is 2.95. The molecule has 109 valence electrons. The van der Waals surface area contributed by atoms with Gasteiger partial charge in [-0.05, 0) is 24.7 Å². The number of halogens is 2. The summed E-state index contributed by atoms with van der Waals surface area (Å²) in [5.74, 6) is 0.172. The van der Waals surface area contributed by atoms with Crippen LogP contribution in [-0.2, 0) is 31.2 Å². The van der Waals surface area contributed by atoms with Crippen LogP contribution in [0.4, 0.5) is 0 Å². The summed E-state index contributed by atoms with van der Waals surface area (Å²) in [7, 11) is 0. The molecule has 0 fully saturated rings. The maximum atomic E-state index is 6.03. The Morgan fingerprint density at radius 2 is 2.05 bits per heavy atom. The van der Waals surface area contributed by atoms with Crippen LogP contribution >= 0.6 is 0 Å². The molecule has 5 heteroatoms. The molecular weight excluding hydrogens is 331 g/mol. The number of hydrogen-bond donors (Lipinski definition) is 0. The molecule has 0 saturated heterocycles. The first-order valence-corrected chi connectivity index (χ1v) is 6.21. The van der Waals surface area contributed by atoms with Crippen molar-refractivity contribution in [2.75, 3.05) is 6.61 Å². The average Bonchev–Trinajstić information content (AvgIpc) is 2.83. The Balaban J connectivity index is 0. The minimum atomic E-state index is -0.623. The number of ether oxygens (including phenoxy) is 2. The molecule has 2 rings (SSSR count). The maximum Gasteiger partial charge on any atom is 3.00 e. The molecule has 2 nitrogen and oxygen atoms in total. The predicted molar refractivity (Wildman–Crippen MR) is 68.1 cm³/mol. The molecule has 0 heterocycles. The van der Waals surface area contributed by atoms with E-state index in [1.807, 2.05) is 12.2 Å². The van der Waals surface area contributed by atoms with Gasteiger partial charge in [0.15, 0.2) is 0 Å². The van der Waals surface area contributed by atoms with Crippen LogP contribution in [0.25, 0.3) is 0 Å². The van der Waals surface area contributed by atoms with Crippen molar-refractivity contribution in [1.29, 1.82) is 0 Å².